The third kappa shape index (κ3) is 3.56. The summed E-state index contributed by atoms with van der Waals surface area (Å²) in [6, 6.07) is 5.67. The van der Waals surface area contributed by atoms with Crippen molar-refractivity contribution in [2.75, 3.05) is 13.1 Å². The van der Waals surface area contributed by atoms with Crippen LogP contribution in [0.15, 0.2) is 41.6 Å². The largest absolute Gasteiger partial charge is 0.342 e. The zero-order valence-corrected chi connectivity index (χ0v) is 17.7. The standard InChI is InChI=1S/C23H26N6O2/c1-16-6-11-25-29(16)13-7-19(30)28-12-3-8-23(15-28)9-5-18-20(23)26-21(27-22(18)31)17-4-2-10-24-14-17/h2,4,6,10-11,14H,3,5,7-9,12-13,15H2,1H3,(H,26,27,31). The zero-order valence-electron chi connectivity index (χ0n) is 17.7. The number of piperidine rings is 1. The number of hydrogen-bond acceptors (Lipinski definition) is 5. The normalized spacial score (nSPS) is 20.2. The van der Waals surface area contributed by atoms with Crippen molar-refractivity contribution >= 4 is 5.91 Å². The van der Waals surface area contributed by atoms with Gasteiger partial charge in [0.25, 0.3) is 5.56 Å². The second kappa shape index (κ2) is 7.76. The van der Waals surface area contributed by atoms with Crippen molar-refractivity contribution < 1.29 is 4.79 Å². The minimum Gasteiger partial charge on any atom is -0.342 e. The van der Waals surface area contributed by atoms with Crippen LogP contribution in [-0.4, -0.2) is 48.6 Å². The van der Waals surface area contributed by atoms with Crippen LogP contribution in [0.25, 0.3) is 11.4 Å². The van der Waals surface area contributed by atoms with E-state index in [1.807, 2.05) is 34.7 Å². The molecule has 5 rings (SSSR count). The first kappa shape index (κ1) is 19.7. The summed E-state index contributed by atoms with van der Waals surface area (Å²) in [7, 11) is 0. The first-order chi connectivity index (χ1) is 15.1. The molecule has 0 radical (unpaired) electrons. The third-order valence-electron chi connectivity index (χ3n) is 6.70. The van der Waals surface area contributed by atoms with Crippen LogP contribution < -0.4 is 5.56 Å². The van der Waals surface area contributed by atoms with Crippen molar-refractivity contribution in [1.82, 2.24) is 29.6 Å². The smallest absolute Gasteiger partial charge is 0.254 e. The third-order valence-corrected chi connectivity index (χ3v) is 6.70. The number of carbonyl (C=O) groups is 1. The first-order valence-electron chi connectivity index (χ1n) is 10.9. The fourth-order valence-corrected chi connectivity index (χ4v) is 5.03. The van der Waals surface area contributed by atoms with Crippen LogP contribution in [0, 0.1) is 6.92 Å². The SMILES string of the molecule is Cc1ccnn1CCC(=O)N1CCCC2(CCc3c2nc(-c2cccnc2)[nH]c3=O)C1. The molecule has 8 nitrogen and oxygen atoms in total. The molecule has 1 fully saturated rings. The summed E-state index contributed by atoms with van der Waals surface area (Å²) in [6.07, 6.45) is 9.03. The number of likely N-dealkylation sites (tertiary alicyclic amines) is 1. The van der Waals surface area contributed by atoms with E-state index in [4.69, 9.17) is 4.98 Å². The minimum atomic E-state index is -0.240. The molecule has 1 aliphatic carbocycles. The minimum absolute atomic E-state index is 0.0710. The Morgan fingerprint density at radius 2 is 2.16 bits per heavy atom. The molecule has 31 heavy (non-hydrogen) atoms. The van der Waals surface area contributed by atoms with E-state index < -0.39 is 0 Å². The topological polar surface area (TPSA) is 96.8 Å². The Labute approximate surface area is 180 Å². The Bertz CT molecular complexity index is 1170. The summed E-state index contributed by atoms with van der Waals surface area (Å²) in [6.45, 7) is 3.96. The lowest BCUT2D eigenvalue weighted by atomic mass is 9.77. The number of pyridine rings is 1. The first-order valence-corrected chi connectivity index (χ1v) is 10.9. The molecule has 8 heteroatoms. The molecule has 4 heterocycles. The van der Waals surface area contributed by atoms with Gasteiger partial charge in [-0.1, -0.05) is 0 Å². The van der Waals surface area contributed by atoms with Gasteiger partial charge < -0.3 is 9.88 Å². The van der Waals surface area contributed by atoms with Gasteiger partial charge in [0.05, 0.1) is 5.69 Å². The average Bonchev–Trinajstić information content (AvgIpc) is 3.36. The zero-order chi connectivity index (χ0) is 21.4. The van der Waals surface area contributed by atoms with E-state index in [0.717, 1.165) is 48.3 Å². The number of rotatable bonds is 4. The highest BCUT2D eigenvalue weighted by molar-refractivity contribution is 5.76. The number of aromatic nitrogens is 5. The Morgan fingerprint density at radius 3 is 2.94 bits per heavy atom. The molecule has 3 aromatic rings. The number of aromatic amines is 1. The van der Waals surface area contributed by atoms with Crippen LogP contribution in [-0.2, 0) is 23.2 Å². The number of nitrogens with one attached hydrogen (secondary N) is 1. The monoisotopic (exact) mass is 418 g/mol. The van der Waals surface area contributed by atoms with Crippen LogP contribution in [0.2, 0.25) is 0 Å². The molecule has 1 saturated heterocycles. The number of amides is 1. The van der Waals surface area contributed by atoms with Gasteiger partial charge in [0.2, 0.25) is 5.91 Å². The van der Waals surface area contributed by atoms with Gasteiger partial charge in [0, 0.05) is 66.9 Å². The van der Waals surface area contributed by atoms with Crippen molar-refractivity contribution in [2.45, 2.75) is 51.0 Å². The van der Waals surface area contributed by atoms with Gasteiger partial charge in [-0.15, -0.1) is 0 Å². The molecule has 0 bridgehead atoms. The Morgan fingerprint density at radius 1 is 1.26 bits per heavy atom. The average molecular weight is 419 g/mol. The molecule has 2 aliphatic rings. The number of fused-ring (bicyclic) bond motifs is 2. The van der Waals surface area contributed by atoms with Gasteiger partial charge in [-0.3, -0.25) is 19.3 Å². The maximum Gasteiger partial charge on any atom is 0.254 e. The number of H-pyrrole nitrogens is 1. The van der Waals surface area contributed by atoms with Gasteiger partial charge in [-0.2, -0.15) is 5.10 Å². The van der Waals surface area contributed by atoms with Gasteiger partial charge >= 0.3 is 0 Å². The lowest BCUT2D eigenvalue weighted by Gasteiger charge is -2.40. The lowest BCUT2D eigenvalue weighted by Crippen LogP contribution is -2.48. The molecule has 1 atom stereocenters. The Balaban J connectivity index is 1.40. The number of carbonyl (C=O) groups excluding carboxylic acids is 1. The molecule has 1 aliphatic heterocycles. The fourth-order valence-electron chi connectivity index (χ4n) is 5.03. The predicted molar refractivity (Wildman–Crippen MR) is 115 cm³/mol. The van der Waals surface area contributed by atoms with Gasteiger partial charge in [0.1, 0.15) is 5.82 Å². The van der Waals surface area contributed by atoms with Crippen LogP contribution in [0.5, 0.6) is 0 Å². The van der Waals surface area contributed by atoms with E-state index in [9.17, 15) is 9.59 Å². The summed E-state index contributed by atoms with van der Waals surface area (Å²) in [5, 5.41) is 4.27. The van der Waals surface area contributed by atoms with Crippen molar-refractivity contribution in [3.05, 3.63) is 64.1 Å². The Kier molecular flexibility index (Phi) is 4.92. The summed E-state index contributed by atoms with van der Waals surface area (Å²) in [4.78, 5) is 39.7. The molecule has 0 saturated carbocycles. The molecule has 1 N–H and O–H groups in total. The molecular weight excluding hydrogens is 392 g/mol. The van der Waals surface area contributed by atoms with Crippen molar-refractivity contribution in [3.8, 4) is 11.4 Å². The number of hydrogen-bond donors (Lipinski definition) is 1. The van der Waals surface area contributed by atoms with E-state index in [-0.39, 0.29) is 16.9 Å². The Hall–Kier alpha value is -3.29. The highest BCUT2D eigenvalue weighted by Crippen LogP contribution is 2.43. The van der Waals surface area contributed by atoms with Gasteiger partial charge in [-0.05, 0) is 50.8 Å². The van der Waals surface area contributed by atoms with Crippen LogP contribution in [0.1, 0.15) is 42.6 Å². The molecule has 3 aromatic heterocycles. The van der Waals surface area contributed by atoms with Gasteiger partial charge in [-0.25, -0.2) is 4.98 Å². The predicted octanol–water partition coefficient (Wildman–Crippen LogP) is 2.23. The molecule has 1 amide bonds. The molecule has 1 unspecified atom stereocenters. The summed E-state index contributed by atoms with van der Waals surface area (Å²) < 4.78 is 1.86. The van der Waals surface area contributed by atoms with Gasteiger partial charge in [0.15, 0.2) is 0 Å². The molecule has 160 valence electrons. The van der Waals surface area contributed by atoms with E-state index in [1.54, 1.807) is 18.6 Å². The van der Waals surface area contributed by atoms with E-state index in [0.29, 0.717) is 31.8 Å². The highest BCUT2D eigenvalue weighted by atomic mass is 16.2. The van der Waals surface area contributed by atoms with Crippen molar-refractivity contribution in [3.63, 3.8) is 0 Å². The van der Waals surface area contributed by atoms with E-state index in [2.05, 4.69) is 15.1 Å². The maximum atomic E-state index is 13.0. The van der Waals surface area contributed by atoms with E-state index in [1.165, 1.54) is 0 Å². The number of nitrogens with zero attached hydrogens (tertiary/aromatic N) is 5. The van der Waals surface area contributed by atoms with Crippen molar-refractivity contribution in [2.24, 2.45) is 0 Å². The molecule has 1 spiro atoms. The van der Waals surface area contributed by atoms with Crippen molar-refractivity contribution in [1.29, 1.82) is 0 Å². The van der Waals surface area contributed by atoms with Crippen LogP contribution in [0.4, 0.5) is 0 Å². The second-order valence-electron chi connectivity index (χ2n) is 8.63. The molecule has 0 aromatic carbocycles. The highest BCUT2D eigenvalue weighted by Gasteiger charge is 2.45. The summed E-state index contributed by atoms with van der Waals surface area (Å²) in [5.41, 5.74) is 3.18. The number of aryl methyl sites for hydroxylation is 2. The fraction of sp³-hybridized carbons (Fsp3) is 0.435. The quantitative estimate of drug-likeness (QED) is 0.701. The summed E-state index contributed by atoms with van der Waals surface area (Å²) in [5.74, 6) is 0.690. The lowest BCUT2D eigenvalue weighted by molar-refractivity contribution is -0.133. The maximum absolute atomic E-state index is 13.0. The van der Waals surface area contributed by atoms with Crippen LogP contribution >= 0.6 is 0 Å². The summed E-state index contributed by atoms with van der Waals surface area (Å²) >= 11 is 0. The molecular formula is C23H26N6O2. The van der Waals surface area contributed by atoms with E-state index >= 15 is 0 Å². The van der Waals surface area contributed by atoms with Crippen LogP contribution in [0.3, 0.4) is 0 Å². The second-order valence-corrected chi connectivity index (χ2v) is 8.63.